The van der Waals surface area contributed by atoms with Gasteiger partial charge in [-0.1, -0.05) is 12.1 Å². The van der Waals surface area contributed by atoms with Crippen molar-refractivity contribution in [3.8, 4) is 0 Å². The molecule has 0 aliphatic carbocycles. The molecule has 0 aromatic heterocycles. The Morgan fingerprint density at radius 3 is 2.70 bits per heavy atom. The molecule has 0 radical (unpaired) electrons. The molecular weight excluding hydrogens is 269 g/mol. The summed E-state index contributed by atoms with van der Waals surface area (Å²) in [5.74, 6) is -1.99. The van der Waals surface area contributed by atoms with Crippen LogP contribution in [0.15, 0.2) is 29.8 Å². The van der Waals surface area contributed by atoms with Gasteiger partial charge in [-0.3, -0.25) is 14.9 Å². The Morgan fingerprint density at radius 1 is 1.45 bits per heavy atom. The standard InChI is InChI=1S/C13H12FNO5/c1-2-20-13(17)11(12(16)8-14)7-9-4-3-5-10(6-9)15(18)19/h3-7H,2,8H2,1H3/b11-7-. The van der Waals surface area contributed by atoms with E-state index < -0.39 is 28.9 Å². The van der Waals surface area contributed by atoms with E-state index in [0.717, 1.165) is 6.08 Å². The number of ketones is 1. The predicted octanol–water partition coefficient (Wildman–Crippen LogP) is 2.08. The third kappa shape index (κ3) is 3.98. The van der Waals surface area contributed by atoms with Crippen LogP contribution in [-0.4, -0.2) is 30.0 Å². The van der Waals surface area contributed by atoms with Crippen molar-refractivity contribution in [3.05, 3.63) is 45.5 Å². The lowest BCUT2D eigenvalue weighted by atomic mass is 10.1. The minimum atomic E-state index is -1.35. The number of hydrogen-bond donors (Lipinski definition) is 0. The van der Waals surface area contributed by atoms with Crippen LogP contribution >= 0.6 is 0 Å². The number of rotatable bonds is 6. The minimum absolute atomic E-state index is 0.0324. The number of alkyl halides is 1. The van der Waals surface area contributed by atoms with Crippen molar-refractivity contribution in [1.82, 2.24) is 0 Å². The van der Waals surface area contributed by atoms with Gasteiger partial charge >= 0.3 is 5.97 Å². The highest BCUT2D eigenvalue weighted by molar-refractivity contribution is 6.21. The summed E-state index contributed by atoms with van der Waals surface area (Å²) < 4.78 is 17.1. The van der Waals surface area contributed by atoms with Gasteiger partial charge < -0.3 is 4.74 Å². The molecule has 7 heteroatoms. The second kappa shape index (κ2) is 7.13. The molecule has 0 saturated carbocycles. The maximum absolute atomic E-state index is 12.4. The van der Waals surface area contributed by atoms with E-state index in [1.165, 1.54) is 24.3 Å². The molecule has 6 nitrogen and oxygen atoms in total. The number of benzene rings is 1. The van der Waals surface area contributed by atoms with Crippen molar-refractivity contribution in [2.45, 2.75) is 6.92 Å². The van der Waals surface area contributed by atoms with Crippen LogP contribution in [0.25, 0.3) is 6.08 Å². The van der Waals surface area contributed by atoms with Gasteiger partial charge in [-0.25, -0.2) is 9.18 Å². The highest BCUT2D eigenvalue weighted by Crippen LogP contribution is 2.16. The number of esters is 1. The molecule has 1 aromatic carbocycles. The first-order chi connectivity index (χ1) is 9.49. The number of non-ortho nitro benzene ring substituents is 1. The van der Waals surface area contributed by atoms with E-state index in [4.69, 9.17) is 0 Å². The van der Waals surface area contributed by atoms with Gasteiger partial charge in [-0.15, -0.1) is 0 Å². The Morgan fingerprint density at radius 2 is 2.15 bits per heavy atom. The fourth-order valence-electron chi connectivity index (χ4n) is 1.43. The topological polar surface area (TPSA) is 86.5 Å². The van der Waals surface area contributed by atoms with Crippen LogP contribution in [0.3, 0.4) is 0 Å². The van der Waals surface area contributed by atoms with Crippen molar-refractivity contribution in [1.29, 1.82) is 0 Å². The molecule has 106 valence electrons. The highest BCUT2D eigenvalue weighted by atomic mass is 19.1. The summed E-state index contributed by atoms with van der Waals surface area (Å²) in [5.41, 5.74) is -0.437. The SMILES string of the molecule is CCOC(=O)/C(=C\c1cccc([N+](=O)[O-])c1)C(=O)CF. The number of nitro groups is 1. The summed E-state index contributed by atoms with van der Waals surface area (Å²) in [6.45, 7) is 0.229. The fraction of sp³-hybridized carbons (Fsp3) is 0.231. The van der Waals surface area contributed by atoms with Gasteiger partial charge in [0.15, 0.2) is 6.67 Å². The summed E-state index contributed by atoms with van der Waals surface area (Å²) in [6.07, 6.45) is 1.08. The van der Waals surface area contributed by atoms with E-state index in [1.54, 1.807) is 6.92 Å². The Bertz CT molecular complexity index is 568. The number of hydrogen-bond acceptors (Lipinski definition) is 5. The zero-order valence-corrected chi connectivity index (χ0v) is 10.7. The van der Waals surface area contributed by atoms with Crippen LogP contribution in [0.2, 0.25) is 0 Å². The molecule has 0 aliphatic heterocycles. The van der Waals surface area contributed by atoms with Crippen LogP contribution in [0.5, 0.6) is 0 Å². The summed E-state index contributed by atoms with van der Waals surface area (Å²) in [4.78, 5) is 32.9. The van der Waals surface area contributed by atoms with E-state index >= 15 is 0 Å². The van der Waals surface area contributed by atoms with Crippen LogP contribution in [-0.2, 0) is 14.3 Å². The molecule has 1 rings (SSSR count). The molecule has 0 N–H and O–H groups in total. The molecule has 0 aliphatic rings. The molecule has 0 spiro atoms. The molecule has 0 atom stereocenters. The predicted molar refractivity (Wildman–Crippen MR) is 68.7 cm³/mol. The summed E-state index contributed by atoms with van der Waals surface area (Å²) in [5, 5.41) is 10.6. The first-order valence-corrected chi connectivity index (χ1v) is 5.72. The van der Waals surface area contributed by atoms with E-state index in [9.17, 15) is 24.1 Å². The summed E-state index contributed by atoms with van der Waals surface area (Å²) in [6, 6.07) is 5.29. The largest absolute Gasteiger partial charge is 0.462 e. The van der Waals surface area contributed by atoms with Crippen molar-refractivity contribution >= 4 is 23.5 Å². The Labute approximate surface area is 114 Å². The van der Waals surface area contributed by atoms with Crippen molar-refractivity contribution in [2.75, 3.05) is 13.3 Å². The van der Waals surface area contributed by atoms with Gasteiger partial charge in [0.05, 0.1) is 11.5 Å². The minimum Gasteiger partial charge on any atom is -0.462 e. The number of halogens is 1. The van der Waals surface area contributed by atoms with E-state index in [1.807, 2.05) is 0 Å². The van der Waals surface area contributed by atoms with Gasteiger partial charge in [0, 0.05) is 12.1 Å². The third-order valence-corrected chi connectivity index (χ3v) is 2.31. The van der Waals surface area contributed by atoms with Crippen LogP contribution in [0.1, 0.15) is 12.5 Å². The van der Waals surface area contributed by atoms with Gasteiger partial charge in [-0.05, 0) is 18.6 Å². The molecule has 0 unspecified atom stereocenters. The maximum Gasteiger partial charge on any atom is 0.341 e. The van der Waals surface area contributed by atoms with Gasteiger partial charge in [0.2, 0.25) is 5.78 Å². The molecule has 0 fully saturated rings. The first-order valence-electron chi connectivity index (χ1n) is 5.72. The summed E-state index contributed by atoms with van der Waals surface area (Å²) in [7, 11) is 0. The van der Waals surface area contributed by atoms with Crippen LogP contribution in [0, 0.1) is 10.1 Å². The molecule has 0 amide bonds. The number of nitro benzene ring substituents is 1. The Balaban J connectivity index is 3.19. The number of nitrogens with zero attached hydrogens (tertiary/aromatic N) is 1. The first kappa shape index (κ1) is 15.5. The fourth-order valence-corrected chi connectivity index (χ4v) is 1.43. The third-order valence-electron chi connectivity index (χ3n) is 2.31. The molecule has 1 aromatic rings. The van der Waals surface area contributed by atoms with Crippen molar-refractivity contribution in [2.24, 2.45) is 0 Å². The highest BCUT2D eigenvalue weighted by Gasteiger charge is 2.19. The van der Waals surface area contributed by atoms with Crippen LogP contribution in [0.4, 0.5) is 10.1 Å². The zero-order valence-electron chi connectivity index (χ0n) is 10.7. The smallest absolute Gasteiger partial charge is 0.341 e. The van der Waals surface area contributed by atoms with Gasteiger partial charge in [-0.2, -0.15) is 0 Å². The molecule has 20 heavy (non-hydrogen) atoms. The molecular formula is C13H12FNO5. The van der Waals surface area contributed by atoms with Crippen molar-refractivity contribution < 1.29 is 23.6 Å². The lowest BCUT2D eigenvalue weighted by Crippen LogP contribution is -2.17. The van der Waals surface area contributed by atoms with Gasteiger partial charge in [0.25, 0.3) is 5.69 Å². The monoisotopic (exact) mass is 281 g/mol. The number of carbonyl (C=O) groups is 2. The van der Waals surface area contributed by atoms with E-state index in [0.29, 0.717) is 0 Å². The molecule has 0 saturated heterocycles. The second-order valence-corrected chi connectivity index (χ2v) is 3.69. The Hall–Kier alpha value is -2.57. The van der Waals surface area contributed by atoms with E-state index in [2.05, 4.69) is 4.74 Å². The zero-order chi connectivity index (χ0) is 15.1. The average Bonchev–Trinajstić information content (AvgIpc) is 2.44. The average molecular weight is 281 g/mol. The normalized spacial score (nSPS) is 11.0. The number of carbonyl (C=O) groups excluding carboxylic acids is 2. The molecule has 0 bridgehead atoms. The Kier molecular flexibility index (Phi) is 5.52. The lowest BCUT2D eigenvalue weighted by Gasteiger charge is -2.04. The summed E-state index contributed by atoms with van der Waals surface area (Å²) >= 11 is 0. The number of Topliss-reactive ketones (excluding diaryl/α,β-unsaturated/α-hetero) is 1. The maximum atomic E-state index is 12.4. The van der Waals surface area contributed by atoms with Crippen molar-refractivity contribution in [3.63, 3.8) is 0 Å². The second-order valence-electron chi connectivity index (χ2n) is 3.69. The van der Waals surface area contributed by atoms with Gasteiger partial charge in [0.1, 0.15) is 5.57 Å². The lowest BCUT2D eigenvalue weighted by molar-refractivity contribution is -0.384. The number of ether oxygens (including phenoxy) is 1. The van der Waals surface area contributed by atoms with E-state index in [-0.39, 0.29) is 17.9 Å². The molecule has 0 heterocycles. The quantitative estimate of drug-likeness (QED) is 0.199. The van der Waals surface area contributed by atoms with Crippen LogP contribution < -0.4 is 0 Å².